The smallest absolute Gasteiger partial charge is 0.273 e. The number of carbonyl (C=O) groups is 1. The number of benzene rings is 2. The molecule has 0 spiro atoms. The predicted octanol–water partition coefficient (Wildman–Crippen LogP) is 3.63. The zero-order chi connectivity index (χ0) is 18.6. The summed E-state index contributed by atoms with van der Waals surface area (Å²) in [6.45, 7) is 2.73. The van der Waals surface area contributed by atoms with E-state index in [0.717, 1.165) is 24.3 Å². The lowest BCUT2D eigenvalue weighted by molar-refractivity contribution is -0.110. The first kappa shape index (κ1) is 17.8. The number of halogens is 1. The number of nitrogens with one attached hydrogen (secondary N) is 1. The van der Waals surface area contributed by atoms with E-state index >= 15 is 0 Å². The SMILES string of the molecule is O=C(Nc1cccc(Cl)c1N1CCOCC1)C1=NOC(c2ccccc2)C1. The maximum Gasteiger partial charge on any atom is 0.273 e. The fraction of sp³-hybridized carbons (Fsp3) is 0.300. The van der Waals surface area contributed by atoms with Gasteiger partial charge in [0.25, 0.3) is 5.91 Å². The normalized spacial score (nSPS) is 19.4. The summed E-state index contributed by atoms with van der Waals surface area (Å²) in [5.74, 6) is -0.273. The van der Waals surface area contributed by atoms with Crippen LogP contribution in [0.5, 0.6) is 0 Å². The molecule has 140 valence electrons. The highest BCUT2D eigenvalue weighted by Gasteiger charge is 2.28. The summed E-state index contributed by atoms with van der Waals surface area (Å²) in [5, 5.41) is 7.54. The molecule has 7 heteroatoms. The van der Waals surface area contributed by atoms with Crippen molar-refractivity contribution in [2.24, 2.45) is 5.16 Å². The molecule has 0 bridgehead atoms. The first-order valence-electron chi connectivity index (χ1n) is 8.92. The number of rotatable bonds is 4. The van der Waals surface area contributed by atoms with Crippen LogP contribution < -0.4 is 10.2 Å². The second kappa shape index (κ2) is 7.98. The molecule has 0 aliphatic carbocycles. The van der Waals surface area contributed by atoms with Gasteiger partial charge in [0.15, 0.2) is 6.10 Å². The standard InChI is InChI=1S/C20H20ClN3O3/c21-15-7-4-8-16(19(15)24-9-11-26-12-10-24)22-20(25)17-13-18(27-23-17)14-5-2-1-3-6-14/h1-8,18H,9-13H2,(H,22,25). The minimum Gasteiger partial charge on any atom is -0.387 e. The topological polar surface area (TPSA) is 63.2 Å². The molecule has 1 unspecified atom stereocenters. The molecule has 6 nitrogen and oxygen atoms in total. The molecule has 2 heterocycles. The fourth-order valence-electron chi connectivity index (χ4n) is 3.28. The van der Waals surface area contributed by atoms with Gasteiger partial charge >= 0.3 is 0 Å². The van der Waals surface area contributed by atoms with Crippen molar-refractivity contribution < 1.29 is 14.4 Å². The van der Waals surface area contributed by atoms with Gasteiger partial charge in [0.05, 0.1) is 29.6 Å². The minimum absolute atomic E-state index is 0.231. The minimum atomic E-state index is -0.273. The molecule has 4 rings (SSSR count). The Kier molecular flexibility index (Phi) is 5.27. The number of oxime groups is 1. The summed E-state index contributed by atoms with van der Waals surface area (Å²) in [6, 6.07) is 15.3. The van der Waals surface area contributed by atoms with Crippen molar-refractivity contribution in [1.29, 1.82) is 0 Å². The molecular formula is C20H20ClN3O3. The molecule has 2 aromatic rings. The van der Waals surface area contributed by atoms with Gasteiger partial charge in [0.1, 0.15) is 5.71 Å². The second-order valence-corrected chi connectivity index (χ2v) is 6.84. The highest BCUT2D eigenvalue weighted by molar-refractivity contribution is 6.44. The molecule has 27 heavy (non-hydrogen) atoms. The molecule has 2 aliphatic rings. The molecule has 1 atom stereocenters. The maximum absolute atomic E-state index is 12.7. The Bertz CT molecular complexity index is 851. The van der Waals surface area contributed by atoms with Gasteiger partial charge < -0.3 is 19.8 Å². The maximum atomic E-state index is 12.7. The van der Waals surface area contributed by atoms with E-state index in [-0.39, 0.29) is 12.0 Å². The van der Waals surface area contributed by atoms with E-state index in [1.54, 1.807) is 0 Å². The molecule has 1 fully saturated rings. The molecule has 1 amide bonds. The lowest BCUT2D eigenvalue weighted by atomic mass is 10.0. The van der Waals surface area contributed by atoms with E-state index in [9.17, 15) is 4.79 Å². The first-order valence-corrected chi connectivity index (χ1v) is 9.30. The van der Waals surface area contributed by atoms with Crippen LogP contribution in [0.15, 0.2) is 53.7 Å². The summed E-state index contributed by atoms with van der Waals surface area (Å²) in [6.07, 6.45) is 0.202. The van der Waals surface area contributed by atoms with Crippen molar-refractivity contribution >= 4 is 34.6 Å². The molecule has 1 saturated heterocycles. The highest BCUT2D eigenvalue weighted by atomic mass is 35.5. The van der Waals surface area contributed by atoms with Crippen LogP contribution in [-0.4, -0.2) is 37.9 Å². The van der Waals surface area contributed by atoms with E-state index < -0.39 is 0 Å². The Labute approximate surface area is 162 Å². The molecule has 2 aliphatic heterocycles. The first-order chi connectivity index (χ1) is 13.2. The number of para-hydroxylation sites is 1. The summed E-state index contributed by atoms with van der Waals surface area (Å²) >= 11 is 6.42. The van der Waals surface area contributed by atoms with Crippen molar-refractivity contribution in [3.63, 3.8) is 0 Å². The number of morpholine rings is 1. The van der Waals surface area contributed by atoms with E-state index in [2.05, 4.69) is 15.4 Å². The molecule has 0 radical (unpaired) electrons. The van der Waals surface area contributed by atoms with Crippen LogP contribution in [0.3, 0.4) is 0 Å². The number of nitrogens with zero attached hydrogens (tertiary/aromatic N) is 2. The van der Waals surface area contributed by atoms with Crippen molar-refractivity contribution in [3.05, 3.63) is 59.1 Å². The van der Waals surface area contributed by atoms with Crippen LogP contribution in [0.4, 0.5) is 11.4 Å². The number of hydrogen-bond acceptors (Lipinski definition) is 5. The van der Waals surface area contributed by atoms with E-state index in [1.807, 2.05) is 48.5 Å². The average Bonchev–Trinajstić information content (AvgIpc) is 3.20. The van der Waals surface area contributed by atoms with Gasteiger partial charge in [-0.3, -0.25) is 4.79 Å². The number of hydrogen-bond donors (Lipinski definition) is 1. The van der Waals surface area contributed by atoms with Crippen molar-refractivity contribution in [1.82, 2.24) is 0 Å². The third-order valence-electron chi connectivity index (χ3n) is 4.66. The van der Waals surface area contributed by atoms with Crippen molar-refractivity contribution in [3.8, 4) is 0 Å². The molecule has 0 saturated carbocycles. The largest absolute Gasteiger partial charge is 0.387 e. The van der Waals surface area contributed by atoms with Gasteiger partial charge in [-0.25, -0.2) is 0 Å². The predicted molar refractivity (Wildman–Crippen MR) is 105 cm³/mol. The number of carbonyl (C=O) groups excluding carboxylic acids is 1. The van der Waals surface area contributed by atoms with Crippen LogP contribution in [0.2, 0.25) is 5.02 Å². The lowest BCUT2D eigenvalue weighted by Crippen LogP contribution is -2.37. The van der Waals surface area contributed by atoms with Gasteiger partial charge in [-0.1, -0.05) is 53.2 Å². The van der Waals surface area contributed by atoms with Crippen molar-refractivity contribution in [2.75, 3.05) is 36.5 Å². The third kappa shape index (κ3) is 3.91. The average molecular weight is 386 g/mol. The Morgan fingerprint density at radius 3 is 2.67 bits per heavy atom. The van der Waals surface area contributed by atoms with Gasteiger partial charge in [0.2, 0.25) is 0 Å². The molecular weight excluding hydrogens is 366 g/mol. The fourth-order valence-corrected chi connectivity index (χ4v) is 3.57. The van der Waals surface area contributed by atoms with Gasteiger partial charge in [-0.2, -0.15) is 0 Å². The summed E-state index contributed by atoms with van der Waals surface area (Å²) < 4.78 is 5.41. The zero-order valence-electron chi connectivity index (χ0n) is 14.7. The van der Waals surface area contributed by atoms with Gasteiger partial charge in [-0.05, 0) is 17.7 Å². The number of anilines is 2. The van der Waals surface area contributed by atoms with Crippen LogP contribution in [0, 0.1) is 0 Å². The monoisotopic (exact) mass is 385 g/mol. The highest BCUT2D eigenvalue weighted by Crippen LogP contribution is 2.35. The third-order valence-corrected chi connectivity index (χ3v) is 4.97. The quantitative estimate of drug-likeness (QED) is 0.872. The summed E-state index contributed by atoms with van der Waals surface area (Å²) in [5.41, 5.74) is 2.85. The van der Waals surface area contributed by atoms with Crippen LogP contribution in [0.25, 0.3) is 0 Å². The van der Waals surface area contributed by atoms with E-state index in [1.165, 1.54) is 0 Å². The van der Waals surface area contributed by atoms with Crippen LogP contribution in [0.1, 0.15) is 18.1 Å². The molecule has 2 aromatic carbocycles. The Balaban J connectivity index is 1.48. The Morgan fingerprint density at radius 2 is 1.89 bits per heavy atom. The number of ether oxygens (including phenoxy) is 1. The zero-order valence-corrected chi connectivity index (χ0v) is 15.5. The van der Waals surface area contributed by atoms with Crippen LogP contribution in [-0.2, 0) is 14.4 Å². The Hall–Kier alpha value is -2.57. The van der Waals surface area contributed by atoms with Gasteiger partial charge in [0, 0.05) is 19.5 Å². The van der Waals surface area contributed by atoms with Crippen molar-refractivity contribution in [2.45, 2.75) is 12.5 Å². The summed E-state index contributed by atoms with van der Waals surface area (Å²) in [4.78, 5) is 20.3. The molecule has 0 aromatic heterocycles. The lowest BCUT2D eigenvalue weighted by Gasteiger charge is -2.31. The summed E-state index contributed by atoms with van der Waals surface area (Å²) in [7, 11) is 0. The van der Waals surface area contributed by atoms with Gasteiger partial charge in [-0.15, -0.1) is 0 Å². The van der Waals surface area contributed by atoms with E-state index in [0.29, 0.717) is 36.1 Å². The Morgan fingerprint density at radius 1 is 1.11 bits per heavy atom. The number of amides is 1. The van der Waals surface area contributed by atoms with Crippen LogP contribution >= 0.6 is 11.6 Å². The molecule has 1 N–H and O–H groups in total. The van der Waals surface area contributed by atoms with E-state index in [4.69, 9.17) is 21.2 Å². The second-order valence-electron chi connectivity index (χ2n) is 6.44.